The highest BCUT2D eigenvalue weighted by atomic mass is 16.6. The first-order chi connectivity index (χ1) is 7.83. The Morgan fingerprint density at radius 1 is 1.25 bits per heavy atom. The van der Waals surface area contributed by atoms with Gasteiger partial charge < -0.3 is 9.47 Å². The van der Waals surface area contributed by atoms with Gasteiger partial charge in [0.1, 0.15) is 12.7 Å². The molecule has 1 heterocycles. The molecule has 0 radical (unpaired) electrons. The second-order valence-corrected chi connectivity index (χ2v) is 3.54. The van der Waals surface area contributed by atoms with E-state index < -0.39 is 0 Å². The van der Waals surface area contributed by atoms with Gasteiger partial charge in [-0.2, -0.15) is 0 Å². The van der Waals surface area contributed by atoms with Gasteiger partial charge in [-0.3, -0.25) is 4.79 Å². The third-order valence-electron chi connectivity index (χ3n) is 1.95. The quantitative estimate of drug-likeness (QED) is 0.580. The van der Waals surface area contributed by atoms with Crippen molar-refractivity contribution in [2.45, 2.75) is 25.9 Å². The number of epoxide rings is 1. The molecule has 3 nitrogen and oxygen atoms in total. The van der Waals surface area contributed by atoms with E-state index in [1.165, 1.54) is 0 Å². The van der Waals surface area contributed by atoms with Crippen molar-refractivity contribution in [1.29, 1.82) is 0 Å². The van der Waals surface area contributed by atoms with E-state index in [1.54, 1.807) is 0 Å². The van der Waals surface area contributed by atoms with Crippen molar-refractivity contribution in [3.8, 4) is 0 Å². The van der Waals surface area contributed by atoms with Crippen molar-refractivity contribution >= 4 is 5.97 Å². The molecule has 2 rings (SSSR count). The molecule has 0 amide bonds. The van der Waals surface area contributed by atoms with Crippen LogP contribution in [-0.4, -0.2) is 25.3 Å². The maximum Gasteiger partial charge on any atom is 0.305 e. The summed E-state index contributed by atoms with van der Waals surface area (Å²) in [5.41, 5.74) is 0. The molecular weight excluding hydrogens is 204 g/mol. The SMILES string of the molecule is CCCC(=O)OCC1CO1.c1ccccc1. The van der Waals surface area contributed by atoms with Gasteiger partial charge in [0.15, 0.2) is 0 Å². The first-order valence-corrected chi connectivity index (χ1v) is 5.60. The predicted molar refractivity (Wildman–Crippen MR) is 62.0 cm³/mol. The highest BCUT2D eigenvalue weighted by Gasteiger charge is 2.23. The summed E-state index contributed by atoms with van der Waals surface area (Å²) in [4.78, 5) is 10.7. The largest absolute Gasteiger partial charge is 0.463 e. The van der Waals surface area contributed by atoms with E-state index in [9.17, 15) is 4.79 Å². The van der Waals surface area contributed by atoms with Crippen molar-refractivity contribution in [2.75, 3.05) is 13.2 Å². The van der Waals surface area contributed by atoms with E-state index >= 15 is 0 Å². The van der Waals surface area contributed by atoms with Gasteiger partial charge in [-0.05, 0) is 6.42 Å². The number of ether oxygens (including phenoxy) is 2. The Kier molecular flexibility index (Phi) is 6.26. The molecule has 1 fully saturated rings. The highest BCUT2D eigenvalue weighted by Crippen LogP contribution is 2.08. The summed E-state index contributed by atoms with van der Waals surface area (Å²) in [6.45, 7) is 3.15. The summed E-state index contributed by atoms with van der Waals surface area (Å²) < 4.78 is 9.70. The van der Waals surface area contributed by atoms with Gasteiger partial charge in [0.05, 0.1) is 6.61 Å². The number of esters is 1. The van der Waals surface area contributed by atoms with E-state index in [0.29, 0.717) is 13.0 Å². The van der Waals surface area contributed by atoms with Crippen LogP contribution in [0.25, 0.3) is 0 Å². The lowest BCUT2D eigenvalue weighted by molar-refractivity contribution is -0.144. The fourth-order valence-electron chi connectivity index (χ4n) is 1.01. The average Bonchev–Trinajstić information content (AvgIpc) is 3.14. The summed E-state index contributed by atoms with van der Waals surface area (Å²) >= 11 is 0. The van der Waals surface area contributed by atoms with Crippen LogP contribution in [0.5, 0.6) is 0 Å². The number of carbonyl (C=O) groups excluding carboxylic acids is 1. The van der Waals surface area contributed by atoms with Crippen LogP contribution in [0.2, 0.25) is 0 Å². The molecule has 1 aromatic rings. The predicted octanol–water partition coefficient (Wildman–Crippen LogP) is 2.42. The summed E-state index contributed by atoms with van der Waals surface area (Å²) in [5, 5.41) is 0. The summed E-state index contributed by atoms with van der Waals surface area (Å²) in [6.07, 6.45) is 1.57. The molecule has 0 N–H and O–H groups in total. The minimum atomic E-state index is -0.113. The first kappa shape index (κ1) is 12.7. The lowest BCUT2D eigenvalue weighted by atomic mass is 10.3. The Morgan fingerprint density at radius 2 is 1.75 bits per heavy atom. The van der Waals surface area contributed by atoms with E-state index in [0.717, 1.165) is 13.0 Å². The molecule has 0 aromatic heterocycles. The van der Waals surface area contributed by atoms with Crippen LogP contribution in [0.4, 0.5) is 0 Å². The Morgan fingerprint density at radius 3 is 2.12 bits per heavy atom. The molecule has 88 valence electrons. The summed E-state index contributed by atoms with van der Waals surface area (Å²) in [5.74, 6) is -0.113. The van der Waals surface area contributed by atoms with Gasteiger partial charge >= 0.3 is 5.97 Å². The van der Waals surface area contributed by atoms with Gasteiger partial charge in [-0.25, -0.2) is 0 Å². The average molecular weight is 222 g/mol. The molecule has 0 spiro atoms. The Balaban J connectivity index is 0.000000181. The van der Waals surface area contributed by atoms with E-state index in [1.807, 2.05) is 43.3 Å². The fourth-order valence-corrected chi connectivity index (χ4v) is 1.01. The monoisotopic (exact) mass is 222 g/mol. The van der Waals surface area contributed by atoms with Crippen LogP contribution in [0.1, 0.15) is 19.8 Å². The zero-order valence-corrected chi connectivity index (χ0v) is 9.59. The first-order valence-electron chi connectivity index (χ1n) is 5.60. The zero-order valence-electron chi connectivity index (χ0n) is 9.59. The zero-order chi connectivity index (χ0) is 11.6. The number of hydrogen-bond acceptors (Lipinski definition) is 3. The minimum absolute atomic E-state index is 0.113. The normalized spacial score (nSPS) is 16.9. The summed E-state index contributed by atoms with van der Waals surface area (Å²) in [7, 11) is 0. The van der Waals surface area contributed by atoms with Crippen LogP contribution < -0.4 is 0 Å². The second kappa shape index (κ2) is 7.88. The third kappa shape index (κ3) is 7.01. The molecule has 0 saturated carbocycles. The van der Waals surface area contributed by atoms with Crippen LogP contribution in [0.3, 0.4) is 0 Å². The lowest BCUT2D eigenvalue weighted by Gasteiger charge is -1.99. The second-order valence-electron chi connectivity index (χ2n) is 3.54. The van der Waals surface area contributed by atoms with Gasteiger partial charge in [-0.1, -0.05) is 43.3 Å². The minimum Gasteiger partial charge on any atom is -0.463 e. The van der Waals surface area contributed by atoms with Gasteiger partial charge in [0.2, 0.25) is 0 Å². The maximum absolute atomic E-state index is 10.7. The summed E-state index contributed by atoms with van der Waals surface area (Å²) in [6, 6.07) is 12.0. The van der Waals surface area contributed by atoms with Crippen molar-refractivity contribution in [3.63, 3.8) is 0 Å². The molecule has 1 aliphatic rings. The Hall–Kier alpha value is -1.35. The van der Waals surface area contributed by atoms with E-state index in [2.05, 4.69) is 0 Å². The van der Waals surface area contributed by atoms with E-state index in [-0.39, 0.29) is 12.1 Å². The molecule has 1 saturated heterocycles. The number of hydrogen-bond donors (Lipinski definition) is 0. The standard InChI is InChI=1S/C7H12O3.C6H6/c1-2-3-7(8)10-5-6-4-9-6;1-2-4-6-5-3-1/h6H,2-5H2,1H3;1-6H. The molecule has 1 atom stereocenters. The number of carbonyl (C=O) groups is 1. The van der Waals surface area contributed by atoms with Crippen molar-refractivity contribution in [3.05, 3.63) is 36.4 Å². The molecule has 0 aliphatic carbocycles. The molecule has 0 bridgehead atoms. The fraction of sp³-hybridized carbons (Fsp3) is 0.462. The molecular formula is C13H18O3. The van der Waals surface area contributed by atoms with Crippen LogP contribution >= 0.6 is 0 Å². The van der Waals surface area contributed by atoms with Crippen molar-refractivity contribution in [2.24, 2.45) is 0 Å². The van der Waals surface area contributed by atoms with Crippen LogP contribution in [0, 0.1) is 0 Å². The van der Waals surface area contributed by atoms with Crippen molar-refractivity contribution < 1.29 is 14.3 Å². The van der Waals surface area contributed by atoms with Gasteiger partial charge in [0, 0.05) is 6.42 Å². The smallest absolute Gasteiger partial charge is 0.305 e. The molecule has 1 aliphatic heterocycles. The molecule has 3 heteroatoms. The topological polar surface area (TPSA) is 38.8 Å². The number of benzene rings is 1. The molecule has 1 aromatic carbocycles. The lowest BCUT2D eigenvalue weighted by Crippen LogP contribution is -2.08. The number of rotatable bonds is 4. The Bertz CT molecular complexity index is 254. The third-order valence-corrected chi connectivity index (χ3v) is 1.95. The van der Waals surface area contributed by atoms with Crippen LogP contribution in [-0.2, 0) is 14.3 Å². The van der Waals surface area contributed by atoms with Gasteiger partial charge in [-0.15, -0.1) is 0 Å². The van der Waals surface area contributed by atoms with Crippen molar-refractivity contribution in [1.82, 2.24) is 0 Å². The van der Waals surface area contributed by atoms with E-state index in [4.69, 9.17) is 9.47 Å². The maximum atomic E-state index is 10.7. The molecule has 16 heavy (non-hydrogen) atoms. The van der Waals surface area contributed by atoms with Crippen LogP contribution in [0.15, 0.2) is 36.4 Å². The highest BCUT2D eigenvalue weighted by molar-refractivity contribution is 5.69. The Labute approximate surface area is 96.4 Å². The van der Waals surface area contributed by atoms with Gasteiger partial charge in [0.25, 0.3) is 0 Å². The molecule has 1 unspecified atom stereocenters.